The van der Waals surface area contributed by atoms with Gasteiger partial charge in [-0.1, -0.05) is 0 Å². The number of nitrogens with one attached hydrogen (secondary N) is 2. The fourth-order valence-corrected chi connectivity index (χ4v) is 2.23. The van der Waals surface area contributed by atoms with E-state index in [0.717, 1.165) is 17.1 Å². The smallest absolute Gasteiger partial charge is 0.195 e. The summed E-state index contributed by atoms with van der Waals surface area (Å²) >= 11 is 0. The normalized spacial score (nSPS) is 10.6. The number of hydrogen-bond donors (Lipinski definition) is 2. The second-order valence-electron chi connectivity index (χ2n) is 5.54. The van der Waals surface area contributed by atoms with Crippen LogP contribution in [0.15, 0.2) is 41.5 Å². The van der Waals surface area contributed by atoms with E-state index in [2.05, 4.69) is 20.6 Å². The van der Waals surface area contributed by atoms with E-state index in [1.54, 1.807) is 27.5 Å². The quantitative estimate of drug-likeness (QED) is 0.384. The van der Waals surface area contributed by atoms with Gasteiger partial charge < -0.3 is 25.0 Å². The molecule has 0 unspecified atom stereocenters. The molecule has 7 nitrogen and oxygen atoms in total. The number of pyridine rings is 1. The molecule has 8 heteroatoms. The largest absolute Gasteiger partial charge is 0.493 e. The summed E-state index contributed by atoms with van der Waals surface area (Å²) in [5.74, 6) is 2.93. The molecule has 0 radical (unpaired) electrons. The molecule has 1 aromatic carbocycles. The van der Waals surface area contributed by atoms with Gasteiger partial charge in [0, 0.05) is 45.6 Å². The molecule has 2 N–H and O–H groups in total. The number of guanidine groups is 1. The molecule has 0 aliphatic carbocycles. The Labute approximate surface area is 171 Å². The average molecular weight is 471 g/mol. The molecule has 1 aromatic heterocycles. The highest BCUT2D eigenvalue weighted by molar-refractivity contribution is 14.0. The summed E-state index contributed by atoms with van der Waals surface area (Å²) in [5, 5.41) is 6.53. The van der Waals surface area contributed by atoms with Crippen molar-refractivity contribution in [1.82, 2.24) is 10.3 Å². The van der Waals surface area contributed by atoms with Crippen molar-refractivity contribution < 1.29 is 9.47 Å². The number of halogens is 1. The van der Waals surface area contributed by atoms with Crippen molar-refractivity contribution in [3.8, 4) is 11.5 Å². The molecule has 2 aromatic rings. The number of aromatic nitrogens is 1. The lowest BCUT2D eigenvalue weighted by Crippen LogP contribution is -2.30. The van der Waals surface area contributed by atoms with E-state index in [0.29, 0.717) is 24.0 Å². The van der Waals surface area contributed by atoms with Gasteiger partial charge in [0.25, 0.3) is 0 Å². The third-order valence-corrected chi connectivity index (χ3v) is 3.60. The van der Waals surface area contributed by atoms with Crippen LogP contribution in [0.1, 0.15) is 5.56 Å². The minimum absolute atomic E-state index is 0. The highest BCUT2D eigenvalue weighted by Crippen LogP contribution is 2.29. The highest BCUT2D eigenvalue weighted by atomic mass is 127. The van der Waals surface area contributed by atoms with Gasteiger partial charge in [0.15, 0.2) is 17.5 Å². The van der Waals surface area contributed by atoms with Crippen molar-refractivity contribution in [2.24, 2.45) is 4.99 Å². The van der Waals surface area contributed by atoms with Gasteiger partial charge >= 0.3 is 0 Å². The first kappa shape index (κ1) is 21.8. The molecule has 0 fully saturated rings. The van der Waals surface area contributed by atoms with E-state index in [-0.39, 0.29) is 24.0 Å². The van der Waals surface area contributed by atoms with Gasteiger partial charge in [-0.15, -0.1) is 24.0 Å². The molecule has 0 bridgehead atoms. The topological polar surface area (TPSA) is 71.0 Å². The van der Waals surface area contributed by atoms with Crippen LogP contribution in [0.4, 0.5) is 11.5 Å². The molecule has 1 heterocycles. The lowest BCUT2D eigenvalue weighted by molar-refractivity contribution is 0.355. The molecule has 0 atom stereocenters. The van der Waals surface area contributed by atoms with Crippen LogP contribution in [0.3, 0.4) is 0 Å². The van der Waals surface area contributed by atoms with E-state index < -0.39 is 0 Å². The first-order valence-electron chi connectivity index (χ1n) is 7.89. The third kappa shape index (κ3) is 5.94. The van der Waals surface area contributed by atoms with E-state index in [9.17, 15) is 0 Å². The molecule has 0 saturated heterocycles. The Balaban J connectivity index is 0.00000338. The average Bonchev–Trinajstić information content (AvgIpc) is 2.65. The molecule has 0 amide bonds. The van der Waals surface area contributed by atoms with Crippen molar-refractivity contribution in [3.63, 3.8) is 0 Å². The van der Waals surface area contributed by atoms with E-state index in [4.69, 9.17) is 9.47 Å². The lowest BCUT2D eigenvalue weighted by atomic mass is 10.2. The summed E-state index contributed by atoms with van der Waals surface area (Å²) in [7, 11) is 8.89. The van der Waals surface area contributed by atoms with Crippen molar-refractivity contribution >= 4 is 41.4 Å². The van der Waals surface area contributed by atoms with Gasteiger partial charge in [-0.2, -0.15) is 0 Å². The third-order valence-electron chi connectivity index (χ3n) is 3.60. The molecule has 0 aliphatic heterocycles. The fourth-order valence-electron chi connectivity index (χ4n) is 2.23. The Bertz CT molecular complexity index is 737. The second kappa shape index (κ2) is 10.7. The molecular formula is C18H26IN5O2. The van der Waals surface area contributed by atoms with Crippen LogP contribution in [0, 0.1) is 0 Å². The van der Waals surface area contributed by atoms with Crippen LogP contribution >= 0.6 is 24.0 Å². The number of hydrogen-bond acceptors (Lipinski definition) is 5. The Morgan fingerprint density at radius 2 is 1.85 bits per heavy atom. The maximum atomic E-state index is 5.32. The van der Waals surface area contributed by atoms with E-state index >= 15 is 0 Å². The van der Waals surface area contributed by atoms with Gasteiger partial charge in [0.05, 0.1) is 14.2 Å². The minimum Gasteiger partial charge on any atom is -0.493 e. The van der Waals surface area contributed by atoms with E-state index in [1.807, 2.05) is 49.3 Å². The van der Waals surface area contributed by atoms with Crippen LogP contribution < -0.4 is 25.0 Å². The monoisotopic (exact) mass is 471 g/mol. The summed E-state index contributed by atoms with van der Waals surface area (Å²) in [4.78, 5) is 10.5. The minimum atomic E-state index is 0. The number of rotatable bonds is 6. The first-order chi connectivity index (χ1) is 12.1. The summed E-state index contributed by atoms with van der Waals surface area (Å²) < 4.78 is 10.6. The molecule has 0 aliphatic rings. The second-order valence-corrected chi connectivity index (χ2v) is 5.54. The zero-order valence-electron chi connectivity index (χ0n) is 15.7. The van der Waals surface area contributed by atoms with Crippen LogP contribution in [-0.2, 0) is 6.54 Å². The standard InChI is InChI=1S/C18H25N5O2.HI/c1-19-18(21-12-13-8-9-20-17(10-13)23(2)3)22-14-6-7-15(24-4)16(11-14)25-5;/h6-11H,12H2,1-5H3,(H2,19,21,22);1H. The Hall–Kier alpha value is -2.23. The van der Waals surface area contributed by atoms with Crippen molar-refractivity contribution in [1.29, 1.82) is 0 Å². The maximum absolute atomic E-state index is 5.32. The first-order valence-corrected chi connectivity index (χ1v) is 7.89. The summed E-state index contributed by atoms with van der Waals surface area (Å²) in [6.07, 6.45) is 1.80. The molecule has 26 heavy (non-hydrogen) atoms. The molecule has 2 rings (SSSR count). The lowest BCUT2D eigenvalue weighted by Gasteiger charge is -2.15. The number of benzene rings is 1. The number of ether oxygens (including phenoxy) is 2. The Morgan fingerprint density at radius 1 is 1.12 bits per heavy atom. The SMILES string of the molecule is CN=C(NCc1ccnc(N(C)C)c1)Nc1ccc(OC)c(OC)c1.I. The van der Waals surface area contributed by atoms with Crippen LogP contribution in [0.25, 0.3) is 0 Å². The highest BCUT2D eigenvalue weighted by Gasteiger charge is 2.06. The molecule has 0 spiro atoms. The van der Waals surface area contributed by atoms with Crippen molar-refractivity contribution in [2.75, 3.05) is 45.6 Å². The predicted octanol–water partition coefficient (Wildman–Crippen LogP) is 2.97. The zero-order chi connectivity index (χ0) is 18.2. The van der Waals surface area contributed by atoms with Gasteiger partial charge in [0.2, 0.25) is 0 Å². The number of aliphatic imine (C=N–C) groups is 1. The summed E-state index contributed by atoms with van der Waals surface area (Å²) in [6, 6.07) is 9.63. The van der Waals surface area contributed by atoms with Crippen molar-refractivity contribution in [3.05, 3.63) is 42.1 Å². The van der Waals surface area contributed by atoms with Crippen LogP contribution in [0.2, 0.25) is 0 Å². The van der Waals surface area contributed by atoms with Gasteiger partial charge in [-0.3, -0.25) is 4.99 Å². The predicted molar refractivity (Wildman–Crippen MR) is 117 cm³/mol. The van der Waals surface area contributed by atoms with Gasteiger partial charge in [-0.05, 0) is 29.8 Å². The number of anilines is 2. The van der Waals surface area contributed by atoms with E-state index in [1.165, 1.54) is 0 Å². The summed E-state index contributed by atoms with van der Waals surface area (Å²) in [5.41, 5.74) is 1.98. The molecular weight excluding hydrogens is 445 g/mol. The Morgan fingerprint density at radius 3 is 2.46 bits per heavy atom. The van der Waals surface area contributed by atoms with Crippen molar-refractivity contribution in [2.45, 2.75) is 6.54 Å². The number of nitrogens with zero attached hydrogens (tertiary/aromatic N) is 3. The zero-order valence-corrected chi connectivity index (χ0v) is 18.1. The van der Waals surface area contributed by atoms with Crippen LogP contribution in [-0.4, -0.2) is 46.3 Å². The van der Waals surface area contributed by atoms with Gasteiger partial charge in [0.1, 0.15) is 5.82 Å². The maximum Gasteiger partial charge on any atom is 0.195 e. The van der Waals surface area contributed by atoms with Crippen LogP contribution in [0.5, 0.6) is 11.5 Å². The fraction of sp³-hybridized carbons (Fsp3) is 0.333. The summed E-state index contributed by atoms with van der Waals surface area (Å²) in [6.45, 7) is 0.635. The van der Waals surface area contributed by atoms with Gasteiger partial charge in [-0.25, -0.2) is 4.98 Å². The molecule has 0 saturated carbocycles. The molecule has 142 valence electrons. The number of methoxy groups -OCH3 is 2. The Kier molecular flexibility index (Phi) is 8.97.